The highest BCUT2D eigenvalue weighted by Gasteiger charge is 2.16. The molecular formula is C10H14ClNO2S. The maximum Gasteiger partial charge on any atom is 0.253 e. The highest BCUT2D eigenvalue weighted by Crippen LogP contribution is 2.23. The van der Waals surface area contributed by atoms with Crippen LogP contribution in [0.5, 0.6) is 0 Å². The maximum absolute atomic E-state index is 11.3. The topological polar surface area (TPSA) is 46.2 Å². The Morgan fingerprint density at radius 1 is 1.13 bits per heavy atom. The van der Waals surface area contributed by atoms with Crippen LogP contribution in [0.1, 0.15) is 26.3 Å². The first-order valence-corrected chi connectivity index (χ1v) is 6.36. The maximum atomic E-state index is 11.3. The van der Waals surface area contributed by atoms with Crippen LogP contribution < -0.4 is 4.24 Å². The molecule has 1 aromatic carbocycles. The van der Waals surface area contributed by atoms with Gasteiger partial charge in [-0.2, -0.15) is 0 Å². The zero-order valence-electron chi connectivity index (χ0n) is 8.91. The minimum Gasteiger partial charge on any atom is -0.206 e. The number of rotatable bonds is 2. The summed E-state index contributed by atoms with van der Waals surface area (Å²) < 4.78 is 24.4. The van der Waals surface area contributed by atoms with Crippen molar-refractivity contribution in [2.45, 2.75) is 31.1 Å². The number of sulfonamides is 1. The van der Waals surface area contributed by atoms with Crippen molar-refractivity contribution >= 4 is 21.8 Å². The van der Waals surface area contributed by atoms with Gasteiger partial charge in [0.2, 0.25) is 0 Å². The van der Waals surface area contributed by atoms with Gasteiger partial charge >= 0.3 is 0 Å². The van der Waals surface area contributed by atoms with Crippen LogP contribution in [0.4, 0.5) is 0 Å². The minimum atomic E-state index is -3.55. The molecule has 0 heterocycles. The SMILES string of the molecule is CC(C)(C)c1ccc(S(=O)(=O)NCl)cc1. The van der Waals surface area contributed by atoms with Gasteiger partial charge in [-0.25, -0.2) is 8.42 Å². The summed E-state index contributed by atoms with van der Waals surface area (Å²) in [6.45, 7) is 6.20. The monoisotopic (exact) mass is 247 g/mol. The van der Waals surface area contributed by atoms with Gasteiger partial charge in [-0.15, -0.1) is 4.24 Å². The lowest BCUT2D eigenvalue weighted by atomic mass is 9.87. The molecule has 0 bridgehead atoms. The largest absolute Gasteiger partial charge is 0.253 e. The third-order valence-electron chi connectivity index (χ3n) is 2.13. The van der Waals surface area contributed by atoms with Crippen LogP contribution in [0.25, 0.3) is 0 Å². The Hall–Kier alpha value is -0.580. The summed E-state index contributed by atoms with van der Waals surface area (Å²) in [4.78, 5) is 0.172. The quantitative estimate of drug-likeness (QED) is 0.816. The van der Waals surface area contributed by atoms with Crippen molar-refractivity contribution in [3.8, 4) is 0 Å². The smallest absolute Gasteiger partial charge is 0.206 e. The van der Waals surface area contributed by atoms with E-state index in [9.17, 15) is 8.42 Å². The fourth-order valence-corrected chi connectivity index (χ4v) is 2.03. The van der Waals surface area contributed by atoms with Crippen molar-refractivity contribution in [3.63, 3.8) is 0 Å². The summed E-state index contributed by atoms with van der Waals surface area (Å²) in [5.74, 6) is 0. The van der Waals surface area contributed by atoms with Crippen molar-refractivity contribution in [2.24, 2.45) is 0 Å². The normalized spacial score (nSPS) is 12.8. The molecular weight excluding hydrogens is 234 g/mol. The second kappa shape index (κ2) is 4.12. The van der Waals surface area contributed by atoms with Crippen LogP contribution in [0.15, 0.2) is 29.2 Å². The molecule has 0 unspecified atom stereocenters. The molecule has 0 radical (unpaired) electrons. The van der Waals surface area contributed by atoms with E-state index in [1.165, 1.54) is 0 Å². The van der Waals surface area contributed by atoms with Gasteiger partial charge in [0.05, 0.1) is 4.90 Å². The van der Waals surface area contributed by atoms with Gasteiger partial charge in [0.15, 0.2) is 0 Å². The fourth-order valence-electron chi connectivity index (χ4n) is 1.18. The molecule has 84 valence electrons. The second-order valence-corrected chi connectivity index (χ2v) is 6.45. The van der Waals surface area contributed by atoms with E-state index in [-0.39, 0.29) is 10.3 Å². The van der Waals surface area contributed by atoms with Crippen LogP contribution in [-0.4, -0.2) is 8.42 Å². The summed E-state index contributed by atoms with van der Waals surface area (Å²) in [7, 11) is -3.55. The van der Waals surface area contributed by atoms with E-state index in [0.717, 1.165) is 5.56 Å². The lowest BCUT2D eigenvalue weighted by Crippen LogP contribution is -2.15. The lowest BCUT2D eigenvalue weighted by Gasteiger charge is -2.18. The van der Waals surface area contributed by atoms with Crippen LogP contribution in [0, 0.1) is 0 Å². The molecule has 0 aliphatic rings. The van der Waals surface area contributed by atoms with E-state index in [1.54, 1.807) is 28.5 Å². The number of nitrogens with one attached hydrogen (secondary N) is 1. The molecule has 0 fully saturated rings. The van der Waals surface area contributed by atoms with E-state index in [1.807, 2.05) is 0 Å². The van der Waals surface area contributed by atoms with Crippen molar-refractivity contribution in [3.05, 3.63) is 29.8 Å². The highest BCUT2D eigenvalue weighted by molar-refractivity contribution is 7.90. The first-order valence-electron chi connectivity index (χ1n) is 4.50. The van der Waals surface area contributed by atoms with Gasteiger partial charge in [0.1, 0.15) is 0 Å². The highest BCUT2D eigenvalue weighted by atomic mass is 35.5. The van der Waals surface area contributed by atoms with E-state index >= 15 is 0 Å². The second-order valence-electron chi connectivity index (χ2n) is 4.35. The number of halogens is 1. The van der Waals surface area contributed by atoms with Gasteiger partial charge in [-0.3, -0.25) is 0 Å². The molecule has 0 atom stereocenters. The molecule has 5 heteroatoms. The molecule has 15 heavy (non-hydrogen) atoms. The Kier molecular flexibility index (Phi) is 3.43. The van der Waals surface area contributed by atoms with E-state index < -0.39 is 10.0 Å². The summed E-state index contributed by atoms with van der Waals surface area (Å²) in [5.41, 5.74) is 1.09. The molecule has 0 aliphatic heterocycles. The minimum absolute atomic E-state index is 0.0106. The summed E-state index contributed by atoms with van der Waals surface area (Å²) in [6, 6.07) is 6.68. The van der Waals surface area contributed by atoms with Crippen LogP contribution in [0.3, 0.4) is 0 Å². The van der Waals surface area contributed by atoms with Gasteiger partial charge in [-0.1, -0.05) is 32.9 Å². The first-order chi connectivity index (χ1) is 6.77. The molecule has 1 N–H and O–H groups in total. The van der Waals surface area contributed by atoms with Gasteiger partial charge in [0, 0.05) is 0 Å². The zero-order valence-corrected chi connectivity index (χ0v) is 10.5. The van der Waals surface area contributed by atoms with E-state index in [0.29, 0.717) is 0 Å². The Labute approximate surface area is 95.6 Å². The van der Waals surface area contributed by atoms with Gasteiger partial charge < -0.3 is 0 Å². The number of hydrogen-bond acceptors (Lipinski definition) is 2. The molecule has 1 aromatic rings. The predicted molar refractivity (Wildman–Crippen MR) is 61.3 cm³/mol. The zero-order chi connectivity index (χ0) is 11.7. The third-order valence-corrected chi connectivity index (χ3v) is 3.84. The van der Waals surface area contributed by atoms with Crippen LogP contribution in [-0.2, 0) is 15.4 Å². The Balaban J connectivity index is 3.12. The van der Waals surface area contributed by atoms with Gasteiger partial charge in [-0.05, 0) is 34.9 Å². The number of hydrogen-bond donors (Lipinski definition) is 1. The summed E-state index contributed by atoms with van der Waals surface area (Å²) in [6.07, 6.45) is 0. The fraction of sp³-hybridized carbons (Fsp3) is 0.400. The van der Waals surface area contributed by atoms with E-state index in [2.05, 4.69) is 20.8 Å². The molecule has 0 aliphatic carbocycles. The van der Waals surface area contributed by atoms with Crippen molar-refractivity contribution in [1.29, 1.82) is 0 Å². The third kappa shape index (κ3) is 2.93. The van der Waals surface area contributed by atoms with Crippen molar-refractivity contribution in [1.82, 2.24) is 4.24 Å². The molecule has 0 saturated carbocycles. The Bertz CT molecular complexity index is 431. The standard InChI is InChI=1S/C10H14ClNO2S/c1-10(2,3)8-4-6-9(7-5-8)15(13,14)12-11/h4-7,12H,1-3H3. The Morgan fingerprint density at radius 2 is 1.60 bits per heavy atom. The molecule has 0 spiro atoms. The van der Waals surface area contributed by atoms with Crippen LogP contribution >= 0.6 is 11.8 Å². The van der Waals surface area contributed by atoms with Gasteiger partial charge in [0.25, 0.3) is 10.0 Å². The molecule has 0 saturated heterocycles. The lowest BCUT2D eigenvalue weighted by molar-refractivity contribution is 0.585. The molecule has 0 aromatic heterocycles. The Morgan fingerprint density at radius 3 is 1.93 bits per heavy atom. The summed E-state index contributed by atoms with van der Waals surface area (Å²) >= 11 is 5.12. The molecule has 0 amide bonds. The average molecular weight is 248 g/mol. The number of benzene rings is 1. The first kappa shape index (κ1) is 12.5. The average Bonchev–Trinajstić information content (AvgIpc) is 2.17. The molecule has 1 rings (SSSR count). The van der Waals surface area contributed by atoms with Crippen molar-refractivity contribution < 1.29 is 8.42 Å². The van der Waals surface area contributed by atoms with Crippen LogP contribution in [0.2, 0.25) is 0 Å². The molecule has 3 nitrogen and oxygen atoms in total. The summed E-state index contributed by atoms with van der Waals surface area (Å²) in [5, 5.41) is 0. The van der Waals surface area contributed by atoms with E-state index in [4.69, 9.17) is 11.8 Å². The van der Waals surface area contributed by atoms with Crippen molar-refractivity contribution in [2.75, 3.05) is 0 Å². The predicted octanol–water partition coefficient (Wildman–Crippen LogP) is 2.42.